The molecular formula is C14H21N3O2. The van der Waals surface area contributed by atoms with Gasteiger partial charge in [0, 0.05) is 18.7 Å². The summed E-state index contributed by atoms with van der Waals surface area (Å²) in [6.07, 6.45) is 4.79. The Balaban J connectivity index is 2.18. The number of aryl methyl sites for hydroxylation is 1. The molecule has 104 valence electrons. The Morgan fingerprint density at radius 2 is 2.16 bits per heavy atom. The Kier molecular flexibility index (Phi) is 4.37. The summed E-state index contributed by atoms with van der Waals surface area (Å²) in [6.45, 7) is 2.36. The first kappa shape index (κ1) is 13.8. The van der Waals surface area contributed by atoms with Crippen LogP contribution < -0.4 is 11.1 Å². The Morgan fingerprint density at radius 3 is 2.74 bits per heavy atom. The quantitative estimate of drug-likeness (QED) is 0.632. The molecule has 1 saturated carbocycles. The maximum absolute atomic E-state index is 11.1. The van der Waals surface area contributed by atoms with Crippen LogP contribution >= 0.6 is 0 Å². The van der Waals surface area contributed by atoms with Crippen LogP contribution in [0.15, 0.2) is 18.2 Å². The van der Waals surface area contributed by atoms with Gasteiger partial charge < -0.3 is 11.1 Å². The van der Waals surface area contributed by atoms with Crippen molar-refractivity contribution >= 4 is 11.4 Å². The summed E-state index contributed by atoms with van der Waals surface area (Å²) in [5.74, 6) is 0.533. The Morgan fingerprint density at radius 1 is 1.47 bits per heavy atom. The lowest BCUT2D eigenvalue weighted by Crippen LogP contribution is -2.35. The zero-order chi connectivity index (χ0) is 13.8. The van der Waals surface area contributed by atoms with E-state index in [9.17, 15) is 10.1 Å². The van der Waals surface area contributed by atoms with Crippen molar-refractivity contribution in [2.75, 3.05) is 11.9 Å². The van der Waals surface area contributed by atoms with Crippen molar-refractivity contribution in [3.05, 3.63) is 33.9 Å². The number of hydrogen-bond acceptors (Lipinski definition) is 4. The highest BCUT2D eigenvalue weighted by molar-refractivity contribution is 5.63. The van der Waals surface area contributed by atoms with Crippen LogP contribution in [0.2, 0.25) is 0 Å². The third kappa shape index (κ3) is 3.23. The van der Waals surface area contributed by atoms with Gasteiger partial charge in [-0.25, -0.2) is 0 Å². The molecule has 0 aliphatic heterocycles. The summed E-state index contributed by atoms with van der Waals surface area (Å²) >= 11 is 0. The summed E-state index contributed by atoms with van der Waals surface area (Å²) in [6, 6.07) is 5.40. The molecule has 1 atom stereocenters. The van der Waals surface area contributed by atoms with Crippen molar-refractivity contribution in [3.63, 3.8) is 0 Å². The minimum atomic E-state index is -0.336. The van der Waals surface area contributed by atoms with Gasteiger partial charge in [-0.3, -0.25) is 10.1 Å². The Bertz CT molecular complexity index is 456. The first-order chi connectivity index (χ1) is 9.11. The van der Waals surface area contributed by atoms with Crippen LogP contribution in [0, 0.1) is 23.0 Å². The van der Waals surface area contributed by atoms with Gasteiger partial charge in [-0.15, -0.1) is 0 Å². The molecule has 1 aliphatic rings. The van der Waals surface area contributed by atoms with Crippen LogP contribution in [0.1, 0.15) is 31.2 Å². The molecule has 0 heterocycles. The fourth-order valence-corrected chi connectivity index (χ4v) is 2.84. The molecule has 2 rings (SSSR count). The molecule has 3 N–H and O–H groups in total. The van der Waals surface area contributed by atoms with Gasteiger partial charge in [0.15, 0.2) is 0 Å². The number of benzene rings is 1. The van der Waals surface area contributed by atoms with Gasteiger partial charge >= 0.3 is 0 Å². The highest BCUT2D eigenvalue weighted by atomic mass is 16.6. The van der Waals surface area contributed by atoms with E-state index in [2.05, 4.69) is 5.32 Å². The molecule has 5 nitrogen and oxygen atoms in total. The number of nitro groups is 1. The number of nitrogens with zero attached hydrogens (tertiary/aromatic N) is 1. The molecule has 1 aromatic carbocycles. The molecular weight excluding hydrogens is 242 g/mol. The molecule has 0 saturated heterocycles. The molecule has 1 aromatic rings. The first-order valence-electron chi connectivity index (χ1n) is 6.83. The molecule has 0 amide bonds. The van der Waals surface area contributed by atoms with Gasteiger partial charge in [0.25, 0.3) is 5.69 Å². The van der Waals surface area contributed by atoms with Gasteiger partial charge in [-0.1, -0.05) is 18.9 Å². The summed E-state index contributed by atoms with van der Waals surface area (Å²) in [4.78, 5) is 10.8. The predicted molar refractivity (Wildman–Crippen MR) is 76.3 cm³/mol. The number of anilines is 1. The van der Waals surface area contributed by atoms with Crippen LogP contribution in [0.4, 0.5) is 11.4 Å². The van der Waals surface area contributed by atoms with E-state index in [0.29, 0.717) is 18.2 Å². The molecule has 0 spiro atoms. The maximum atomic E-state index is 11.1. The van der Waals surface area contributed by atoms with Gasteiger partial charge in [0.1, 0.15) is 5.69 Å². The van der Waals surface area contributed by atoms with Gasteiger partial charge in [-0.2, -0.15) is 0 Å². The first-order valence-corrected chi connectivity index (χ1v) is 6.83. The molecule has 1 fully saturated rings. The van der Waals surface area contributed by atoms with Crippen LogP contribution in [0.5, 0.6) is 0 Å². The zero-order valence-corrected chi connectivity index (χ0v) is 11.3. The van der Waals surface area contributed by atoms with Crippen molar-refractivity contribution in [1.82, 2.24) is 0 Å². The lowest BCUT2D eigenvalue weighted by atomic mass is 9.97. The molecule has 19 heavy (non-hydrogen) atoms. The van der Waals surface area contributed by atoms with Crippen molar-refractivity contribution in [1.29, 1.82) is 0 Å². The van der Waals surface area contributed by atoms with E-state index >= 15 is 0 Å². The molecule has 0 radical (unpaired) electrons. The molecule has 5 heteroatoms. The minimum Gasteiger partial charge on any atom is -0.375 e. The molecule has 1 unspecified atom stereocenters. The van der Waals surface area contributed by atoms with E-state index < -0.39 is 0 Å². The average Bonchev–Trinajstić information content (AvgIpc) is 2.90. The van der Waals surface area contributed by atoms with Crippen molar-refractivity contribution in [2.24, 2.45) is 11.7 Å². The average molecular weight is 263 g/mol. The monoisotopic (exact) mass is 263 g/mol. The van der Waals surface area contributed by atoms with Gasteiger partial charge in [-0.05, 0) is 37.3 Å². The topological polar surface area (TPSA) is 81.2 Å². The van der Waals surface area contributed by atoms with Crippen LogP contribution in [0.3, 0.4) is 0 Å². The lowest BCUT2D eigenvalue weighted by Gasteiger charge is -2.24. The second kappa shape index (κ2) is 6.02. The number of nitrogens with two attached hydrogens (primary N) is 1. The van der Waals surface area contributed by atoms with Crippen LogP contribution in [-0.4, -0.2) is 17.5 Å². The highest BCUT2D eigenvalue weighted by Crippen LogP contribution is 2.32. The summed E-state index contributed by atoms with van der Waals surface area (Å²) in [5, 5.41) is 14.4. The number of nitro benzene ring substituents is 1. The summed E-state index contributed by atoms with van der Waals surface area (Å²) in [5.41, 5.74) is 7.43. The van der Waals surface area contributed by atoms with E-state index in [0.717, 1.165) is 18.4 Å². The van der Waals surface area contributed by atoms with Crippen molar-refractivity contribution < 1.29 is 4.92 Å². The minimum absolute atomic E-state index is 0.129. The number of hydrogen-bond donors (Lipinski definition) is 2. The molecule has 1 aliphatic carbocycles. The Labute approximate surface area is 113 Å². The largest absolute Gasteiger partial charge is 0.375 e. The summed E-state index contributed by atoms with van der Waals surface area (Å²) < 4.78 is 0. The second-order valence-corrected chi connectivity index (χ2v) is 5.31. The van der Waals surface area contributed by atoms with Crippen molar-refractivity contribution in [2.45, 2.75) is 38.6 Å². The van der Waals surface area contributed by atoms with Crippen molar-refractivity contribution in [3.8, 4) is 0 Å². The van der Waals surface area contributed by atoms with Gasteiger partial charge in [0.2, 0.25) is 0 Å². The Hall–Kier alpha value is -1.62. The van der Waals surface area contributed by atoms with E-state index in [1.165, 1.54) is 12.8 Å². The highest BCUT2D eigenvalue weighted by Gasteiger charge is 2.25. The van der Waals surface area contributed by atoms with E-state index in [1.54, 1.807) is 12.1 Å². The van der Waals surface area contributed by atoms with E-state index in [1.807, 2.05) is 13.0 Å². The van der Waals surface area contributed by atoms with Crippen LogP contribution in [-0.2, 0) is 0 Å². The second-order valence-electron chi connectivity index (χ2n) is 5.31. The SMILES string of the molecule is Cc1ccc(NC(CN)C2CCCC2)c([N+](=O)[O-])c1. The summed E-state index contributed by atoms with van der Waals surface area (Å²) in [7, 11) is 0. The fourth-order valence-electron chi connectivity index (χ4n) is 2.84. The third-order valence-corrected chi connectivity index (χ3v) is 3.91. The van der Waals surface area contributed by atoms with E-state index in [-0.39, 0.29) is 16.7 Å². The number of nitrogens with one attached hydrogen (secondary N) is 1. The molecule has 0 aromatic heterocycles. The maximum Gasteiger partial charge on any atom is 0.292 e. The lowest BCUT2D eigenvalue weighted by molar-refractivity contribution is -0.384. The zero-order valence-electron chi connectivity index (χ0n) is 11.3. The van der Waals surface area contributed by atoms with E-state index in [4.69, 9.17) is 5.73 Å². The number of rotatable bonds is 5. The normalized spacial score (nSPS) is 17.4. The third-order valence-electron chi connectivity index (χ3n) is 3.91. The van der Waals surface area contributed by atoms with Gasteiger partial charge in [0.05, 0.1) is 4.92 Å². The fraction of sp³-hybridized carbons (Fsp3) is 0.571. The smallest absolute Gasteiger partial charge is 0.292 e. The van der Waals surface area contributed by atoms with Crippen LogP contribution in [0.25, 0.3) is 0 Å². The molecule has 0 bridgehead atoms. The standard InChI is InChI=1S/C14H21N3O2/c1-10-6-7-12(14(8-10)17(18)19)16-13(9-15)11-4-2-3-5-11/h6-8,11,13,16H,2-5,9,15H2,1H3. The predicted octanol–water partition coefficient (Wildman–Crippen LogP) is 2.83.